The van der Waals surface area contributed by atoms with Gasteiger partial charge >= 0.3 is 0 Å². The average Bonchev–Trinajstić information content (AvgIpc) is 3.05. The predicted molar refractivity (Wildman–Crippen MR) is 69.3 cm³/mol. The monoisotopic (exact) mass is 283 g/mol. The van der Waals surface area contributed by atoms with Gasteiger partial charge in [0.15, 0.2) is 0 Å². The molecule has 0 saturated heterocycles. The highest BCUT2D eigenvalue weighted by molar-refractivity contribution is 9.10. The number of hydrogen-bond donors (Lipinski definition) is 1. The van der Waals surface area contributed by atoms with E-state index < -0.39 is 0 Å². The fourth-order valence-electron chi connectivity index (χ4n) is 1.60. The van der Waals surface area contributed by atoms with Crippen LogP contribution in [0.1, 0.15) is 18.5 Å². The number of nitrogens with zero attached hydrogens (tertiary/aromatic N) is 2. The minimum atomic E-state index is 0.805. The molecule has 88 valence electrons. The Morgan fingerprint density at radius 2 is 2.31 bits per heavy atom. The summed E-state index contributed by atoms with van der Waals surface area (Å²) in [6.45, 7) is 3.07. The van der Waals surface area contributed by atoms with E-state index in [4.69, 9.17) is 0 Å². The molecule has 1 N–H and O–H groups in total. The first-order valence-electron chi connectivity index (χ1n) is 5.76. The van der Waals surface area contributed by atoms with Gasteiger partial charge in [0, 0.05) is 36.3 Å². The summed E-state index contributed by atoms with van der Waals surface area (Å²) in [5, 5.41) is 3.51. The first-order chi connectivity index (χ1) is 7.74. The third kappa shape index (κ3) is 4.20. The Labute approximate surface area is 105 Å². The van der Waals surface area contributed by atoms with Crippen molar-refractivity contribution in [2.45, 2.75) is 25.4 Å². The molecule has 1 fully saturated rings. The van der Waals surface area contributed by atoms with Gasteiger partial charge in [0.25, 0.3) is 0 Å². The summed E-state index contributed by atoms with van der Waals surface area (Å²) in [7, 11) is 2.14. The number of halogens is 1. The lowest BCUT2D eigenvalue weighted by atomic mass is 10.3. The first kappa shape index (κ1) is 12.0. The van der Waals surface area contributed by atoms with Crippen molar-refractivity contribution >= 4 is 15.9 Å². The number of hydrogen-bond acceptors (Lipinski definition) is 3. The van der Waals surface area contributed by atoms with E-state index >= 15 is 0 Å². The molecule has 0 amide bonds. The van der Waals surface area contributed by atoms with Crippen molar-refractivity contribution in [3.63, 3.8) is 0 Å². The summed E-state index contributed by atoms with van der Waals surface area (Å²) in [6.07, 6.45) is 4.57. The molecule has 1 aromatic rings. The van der Waals surface area contributed by atoms with Crippen LogP contribution in [0.4, 0.5) is 0 Å². The second-order valence-electron chi connectivity index (χ2n) is 4.43. The molecule has 2 rings (SSSR count). The SMILES string of the molecule is CN(CCNC1CC1)Cc1ccc(Br)cn1. The summed E-state index contributed by atoms with van der Waals surface area (Å²) < 4.78 is 1.04. The van der Waals surface area contributed by atoms with Crippen molar-refractivity contribution in [3.05, 3.63) is 28.5 Å². The Hall–Kier alpha value is -0.450. The highest BCUT2D eigenvalue weighted by atomic mass is 79.9. The molecule has 0 bridgehead atoms. The molecule has 1 saturated carbocycles. The Morgan fingerprint density at radius 1 is 1.50 bits per heavy atom. The van der Waals surface area contributed by atoms with Crippen LogP contribution < -0.4 is 5.32 Å². The molecular weight excluding hydrogens is 266 g/mol. The van der Waals surface area contributed by atoms with Crippen molar-refractivity contribution in [2.75, 3.05) is 20.1 Å². The first-order valence-corrected chi connectivity index (χ1v) is 6.56. The third-order valence-corrected chi connectivity index (χ3v) is 3.19. The number of likely N-dealkylation sites (N-methyl/N-ethyl adjacent to an activating group) is 1. The van der Waals surface area contributed by atoms with Gasteiger partial charge in [-0.15, -0.1) is 0 Å². The lowest BCUT2D eigenvalue weighted by Crippen LogP contribution is -2.30. The molecule has 1 aliphatic rings. The molecular formula is C12H18BrN3. The van der Waals surface area contributed by atoms with Crippen molar-refractivity contribution < 1.29 is 0 Å². The topological polar surface area (TPSA) is 28.2 Å². The normalized spacial score (nSPS) is 15.7. The Bertz CT molecular complexity index is 322. The smallest absolute Gasteiger partial charge is 0.0544 e. The summed E-state index contributed by atoms with van der Waals surface area (Å²) in [6, 6.07) is 4.91. The van der Waals surface area contributed by atoms with Gasteiger partial charge in [-0.2, -0.15) is 0 Å². The Morgan fingerprint density at radius 3 is 2.94 bits per heavy atom. The molecule has 16 heavy (non-hydrogen) atoms. The summed E-state index contributed by atoms with van der Waals surface area (Å²) in [4.78, 5) is 6.66. The van der Waals surface area contributed by atoms with E-state index in [1.54, 1.807) is 0 Å². The van der Waals surface area contributed by atoms with Gasteiger partial charge in [0.05, 0.1) is 5.69 Å². The van der Waals surface area contributed by atoms with Crippen molar-refractivity contribution in [2.24, 2.45) is 0 Å². The van der Waals surface area contributed by atoms with E-state index in [2.05, 4.69) is 44.2 Å². The van der Waals surface area contributed by atoms with Gasteiger partial charge in [0.2, 0.25) is 0 Å². The van der Waals surface area contributed by atoms with E-state index in [0.29, 0.717) is 0 Å². The minimum Gasteiger partial charge on any atom is -0.313 e. The van der Waals surface area contributed by atoms with Crippen LogP contribution in [-0.2, 0) is 6.54 Å². The summed E-state index contributed by atoms with van der Waals surface area (Å²) >= 11 is 3.39. The zero-order chi connectivity index (χ0) is 11.4. The minimum absolute atomic E-state index is 0.805. The van der Waals surface area contributed by atoms with Crippen LogP contribution in [0.2, 0.25) is 0 Å². The van der Waals surface area contributed by atoms with Crippen LogP contribution in [0.15, 0.2) is 22.8 Å². The third-order valence-electron chi connectivity index (χ3n) is 2.72. The molecule has 0 spiro atoms. The lowest BCUT2D eigenvalue weighted by molar-refractivity contribution is 0.320. The van der Waals surface area contributed by atoms with Crippen LogP contribution in [0, 0.1) is 0 Å². The number of nitrogens with one attached hydrogen (secondary N) is 1. The molecule has 1 aliphatic carbocycles. The van der Waals surface area contributed by atoms with Crippen LogP contribution in [0.5, 0.6) is 0 Å². The molecule has 4 heteroatoms. The summed E-state index contributed by atoms with van der Waals surface area (Å²) in [5.41, 5.74) is 1.12. The van der Waals surface area contributed by atoms with E-state index in [1.165, 1.54) is 12.8 Å². The predicted octanol–water partition coefficient (Wildman–Crippen LogP) is 2.03. The number of aromatic nitrogens is 1. The number of pyridine rings is 1. The largest absolute Gasteiger partial charge is 0.313 e. The second kappa shape index (κ2) is 5.75. The van der Waals surface area contributed by atoms with Crippen LogP contribution in [0.3, 0.4) is 0 Å². The van der Waals surface area contributed by atoms with E-state index in [0.717, 1.165) is 35.8 Å². The van der Waals surface area contributed by atoms with Gasteiger partial charge in [-0.05, 0) is 48.0 Å². The molecule has 0 atom stereocenters. The van der Waals surface area contributed by atoms with Crippen LogP contribution in [0.25, 0.3) is 0 Å². The number of rotatable bonds is 6. The average molecular weight is 284 g/mol. The Balaban J connectivity index is 1.68. The molecule has 1 aromatic heterocycles. The van der Waals surface area contributed by atoms with Crippen molar-refractivity contribution in [1.82, 2.24) is 15.2 Å². The Kier molecular flexibility index (Phi) is 4.32. The van der Waals surface area contributed by atoms with E-state index in [-0.39, 0.29) is 0 Å². The molecule has 1 heterocycles. The zero-order valence-corrected chi connectivity index (χ0v) is 11.2. The standard InChI is InChI=1S/C12H18BrN3/c1-16(7-6-14-11-4-5-11)9-12-3-2-10(13)8-15-12/h2-3,8,11,14H,4-7,9H2,1H3. The van der Waals surface area contributed by atoms with Gasteiger partial charge < -0.3 is 5.32 Å². The van der Waals surface area contributed by atoms with Crippen molar-refractivity contribution in [3.8, 4) is 0 Å². The molecule has 0 aliphatic heterocycles. The second-order valence-corrected chi connectivity index (χ2v) is 5.35. The van der Waals surface area contributed by atoms with Crippen LogP contribution in [-0.4, -0.2) is 36.1 Å². The van der Waals surface area contributed by atoms with Gasteiger partial charge in [-0.1, -0.05) is 0 Å². The maximum Gasteiger partial charge on any atom is 0.0544 e. The van der Waals surface area contributed by atoms with Crippen LogP contribution >= 0.6 is 15.9 Å². The highest BCUT2D eigenvalue weighted by Crippen LogP contribution is 2.18. The molecule has 0 radical (unpaired) electrons. The quantitative estimate of drug-likeness (QED) is 0.866. The molecule has 0 aromatic carbocycles. The van der Waals surface area contributed by atoms with Gasteiger partial charge in [-0.3, -0.25) is 9.88 Å². The maximum absolute atomic E-state index is 4.36. The highest BCUT2D eigenvalue weighted by Gasteiger charge is 2.19. The molecule has 0 unspecified atom stereocenters. The zero-order valence-electron chi connectivity index (χ0n) is 9.62. The fraction of sp³-hybridized carbons (Fsp3) is 0.583. The van der Waals surface area contributed by atoms with Gasteiger partial charge in [0.1, 0.15) is 0 Å². The van der Waals surface area contributed by atoms with Crippen molar-refractivity contribution in [1.29, 1.82) is 0 Å². The maximum atomic E-state index is 4.36. The summed E-state index contributed by atoms with van der Waals surface area (Å²) in [5.74, 6) is 0. The lowest BCUT2D eigenvalue weighted by Gasteiger charge is -2.16. The van der Waals surface area contributed by atoms with E-state index in [9.17, 15) is 0 Å². The van der Waals surface area contributed by atoms with Gasteiger partial charge in [-0.25, -0.2) is 0 Å². The molecule has 3 nitrogen and oxygen atoms in total. The van der Waals surface area contributed by atoms with E-state index in [1.807, 2.05) is 12.3 Å². The fourth-order valence-corrected chi connectivity index (χ4v) is 1.84.